The van der Waals surface area contributed by atoms with Gasteiger partial charge in [0.05, 0.1) is 4.90 Å². The third kappa shape index (κ3) is 4.14. The highest BCUT2D eigenvalue weighted by molar-refractivity contribution is 7.89. The van der Waals surface area contributed by atoms with E-state index in [0.29, 0.717) is 17.5 Å². The smallest absolute Gasteiger partial charge is 0.318 e. The largest absolute Gasteiger partial charge is 0.480 e. The van der Waals surface area contributed by atoms with E-state index < -0.39 is 22.5 Å². The summed E-state index contributed by atoms with van der Waals surface area (Å²) >= 11 is 0. The predicted octanol–water partition coefficient (Wildman–Crippen LogP) is 1.92. The van der Waals surface area contributed by atoms with Crippen LogP contribution in [0.2, 0.25) is 0 Å². The molecule has 1 heterocycles. The molecule has 0 aliphatic carbocycles. The van der Waals surface area contributed by atoms with Crippen LogP contribution in [-0.4, -0.2) is 35.3 Å². The van der Waals surface area contributed by atoms with Crippen LogP contribution in [-0.2, 0) is 27.8 Å². The fourth-order valence-corrected chi connectivity index (χ4v) is 3.93. The van der Waals surface area contributed by atoms with Crippen molar-refractivity contribution in [2.24, 2.45) is 0 Å². The van der Waals surface area contributed by atoms with Crippen molar-refractivity contribution in [3.8, 4) is 0 Å². The Bertz CT molecular complexity index is 776. The number of carbonyl (C=O) groups is 1. The van der Waals surface area contributed by atoms with E-state index in [0.717, 1.165) is 4.31 Å². The molecular weight excluding hydrogens is 316 g/mol. The van der Waals surface area contributed by atoms with E-state index in [2.05, 4.69) is 4.98 Å². The molecule has 0 saturated carbocycles. The highest BCUT2D eigenvalue weighted by Gasteiger charge is 2.28. The van der Waals surface area contributed by atoms with E-state index in [-0.39, 0.29) is 11.4 Å². The van der Waals surface area contributed by atoms with E-state index in [4.69, 9.17) is 5.11 Å². The number of carboxylic acids is 1. The summed E-state index contributed by atoms with van der Waals surface area (Å²) in [7, 11) is -3.91. The number of nitrogens with zero attached hydrogens (tertiary/aromatic N) is 2. The molecule has 0 fully saturated rings. The Hall–Kier alpha value is -2.25. The average molecular weight is 334 g/mol. The van der Waals surface area contributed by atoms with E-state index >= 15 is 0 Å². The first-order chi connectivity index (χ1) is 10.9. The van der Waals surface area contributed by atoms with Crippen molar-refractivity contribution in [1.29, 1.82) is 0 Å². The van der Waals surface area contributed by atoms with Crippen LogP contribution in [0.25, 0.3) is 0 Å². The van der Waals surface area contributed by atoms with Gasteiger partial charge in [0.1, 0.15) is 6.54 Å². The van der Waals surface area contributed by atoms with Crippen molar-refractivity contribution in [2.75, 3.05) is 6.54 Å². The molecule has 1 aromatic heterocycles. The Morgan fingerprint density at radius 1 is 1.22 bits per heavy atom. The lowest BCUT2D eigenvalue weighted by atomic mass is 10.2. The van der Waals surface area contributed by atoms with Gasteiger partial charge in [-0.05, 0) is 29.7 Å². The summed E-state index contributed by atoms with van der Waals surface area (Å²) in [6.07, 6.45) is 3.64. The Morgan fingerprint density at radius 2 is 1.96 bits per heavy atom. The molecule has 0 amide bonds. The van der Waals surface area contributed by atoms with Crippen molar-refractivity contribution in [1.82, 2.24) is 9.29 Å². The van der Waals surface area contributed by atoms with Crippen LogP contribution in [0.4, 0.5) is 0 Å². The number of rotatable bonds is 7. The van der Waals surface area contributed by atoms with Crippen LogP contribution >= 0.6 is 0 Å². The number of hydrogen-bond donors (Lipinski definition) is 1. The lowest BCUT2D eigenvalue weighted by molar-refractivity contribution is -0.137. The second-order valence-corrected chi connectivity index (χ2v) is 6.90. The molecule has 6 nitrogen and oxygen atoms in total. The second kappa shape index (κ2) is 7.34. The lowest BCUT2D eigenvalue weighted by Crippen LogP contribution is -2.35. The number of carboxylic acid groups (broad SMARTS) is 1. The van der Waals surface area contributed by atoms with Crippen LogP contribution in [0.3, 0.4) is 0 Å². The van der Waals surface area contributed by atoms with Gasteiger partial charge in [-0.15, -0.1) is 0 Å². The normalized spacial score (nSPS) is 11.6. The third-order valence-electron chi connectivity index (χ3n) is 3.36. The molecule has 0 unspecified atom stereocenters. The molecular formula is C16H18N2O4S. The van der Waals surface area contributed by atoms with Crippen LogP contribution in [0.15, 0.2) is 53.7 Å². The van der Waals surface area contributed by atoms with Crippen molar-refractivity contribution in [3.05, 3.63) is 59.9 Å². The maximum Gasteiger partial charge on any atom is 0.318 e. The number of pyridine rings is 1. The molecule has 122 valence electrons. The summed E-state index contributed by atoms with van der Waals surface area (Å²) in [5, 5.41) is 9.08. The Kier molecular flexibility index (Phi) is 5.46. The van der Waals surface area contributed by atoms with Crippen molar-refractivity contribution < 1.29 is 18.3 Å². The van der Waals surface area contributed by atoms with Crippen molar-refractivity contribution in [3.63, 3.8) is 0 Å². The van der Waals surface area contributed by atoms with Crippen LogP contribution in [0, 0.1) is 0 Å². The quantitative estimate of drug-likeness (QED) is 0.836. The van der Waals surface area contributed by atoms with Crippen LogP contribution in [0.5, 0.6) is 0 Å². The highest BCUT2D eigenvalue weighted by Crippen LogP contribution is 2.22. The van der Waals surface area contributed by atoms with E-state index in [1.807, 2.05) is 6.92 Å². The average Bonchev–Trinajstić information content (AvgIpc) is 2.54. The number of benzene rings is 1. The van der Waals surface area contributed by atoms with Gasteiger partial charge in [0.2, 0.25) is 10.0 Å². The fourth-order valence-electron chi connectivity index (χ4n) is 2.26. The van der Waals surface area contributed by atoms with Gasteiger partial charge in [0, 0.05) is 18.9 Å². The van der Waals surface area contributed by atoms with Crippen LogP contribution < -0.4 is 0 Å². The van der Waals surface area contributed by atoms with Crippen molar-refractivity contribution in [2.45, 2.75) is 24.8 Å². The van der Waals surface area contributed by atoms with Gasteiger partial charge in [-0.1, -0.05) is 31.2 Å². The van der Waals surface area contributed by atoms with Gasteiger partial charge < -0.3 is 5.11 Å². The number of sulfonamides is 1. The van der Waals surface area contributed by atoms with Crippen molar-refractivity contribution >= 4 is 16.0 Å². The first-order valence-electron chi connectivity index (χ1n) is 7.14. The molecule has 0 spiro atoms. The van der Waals surface area contributed by atoms with Gasteiger partial charge in [-0.2, -0.15) is 4.31 Å². The topological polar surface area (TPSA) is 87.6 Å². The second-order valence-electron chi connectivity index (χ2n) is 4.99. The summed E-state index contributed by atoms with van der Waals surface area (Å²) in [5.41, 5.74) is 1.29. The maximum absolute atomic E-state index is 12.9. The Balaban J connectivity index is 2.42. The molecule has 0 bridgehead atoms. The molecule has 0 radical (unpaired) electrons. The minimum atomic E-state index is -3.91. The summed E-state index contributed by atoms with van der Waals surface area (Å²) < 4.78 is 26.7. The molecule has 0 atom stereocenters. The number of aryl methyl sites for hydroxylation is 1. The van der Waals surface area contributed by atoms with E-state index in [9.17, 15) is 13.2 Å². The van der Waals surface area contributed by atoms with E-state index in [1.54, 1.807) is 36.5 Å². The monoisotopic (exact) mass is 334 g/mol. The predicted molar refractivity (Wildman–Crippen MR) is 85.3 cm³/mol. The summed E-state index contributed by atoms with van der Waals surface area (Å²) in [5.74, 6) is -1.20. The minimum Gasteiger partial charge on any atom is -0.480 e. The van der Waals surface area contributed by atoms with Gasteiger partial charge in [0.25, 0.3) is 0 Å². The summed E-state index contributed by atoms with van der Waals surface area (Å²) in [6, 6.07) is 10.0. The SMILES string of the molecule is CCc1ccccc1S(=O)(=O)N(CC(=O)O)Cc1cccnc1. The fraction of sp³-hybridized carbons (Fsp3) is 0.250. The molecule has 2 rings (SSSR count). The van der Waals surface area contributed by atoms with Gasteiger partial charge >= 0.3 is 5.97 Å². The molecule has 7 heteroatoms. The third-order valence-corrected chi connectivity index (χ3v) is 5.26. The molecule has 1 aromatic carbocycles. The molecule has 2 aromatic rings. The van der Waals surface area contributed by atoms with Gasteiger partial charge in [0.15, 0.2) is 0 Å². The number of aliphatic carboxylic acids is 1. The maximum atomic E-state index is 12.9. The molecule has 0 aliphatic rings. The number of aromatic nitrogens is 1. The molecule has 0 aliphatic heterocycles. The standard InChI is InChI=1S/C16H18N2O4S/c1-2-14-7-3-4-8-15(14)23(21,22)18(12-16(19)20)11-13-6-5-9-17-10-13/h3-10H,2,11-12H2,1H3,(H,19,20). The Labute approximate surface area is 135 Å². The summed E-state index contributed by atoms with van der Waals surface area (Å²) in [6.45, 7) is 1.22. The molecule has 23 heavy (non-hydrogen) atoms. The van der Waals surface area contributed by atoms with Crippen LogP contribution in [0.1, 0.15) is 18.1 Å². The Morgan fingerprint density at radius 3 is 2.57 bits per heavy atom. The minimum absolute atomic E-state index is 0.0411. The zero-order chi connectivity index (χ0) is 16.9. The number of hydrogen-bond acceptors (Lipinski definition) is 4. The first kappa shape index (κ1) is 17.1. The molecule has 0 saturated heterocycles. The lowest BCUT2D eigenvalue weighted by Gasteiger charge is -2.21. The molecule has 1 N–H and O–H groups in total. The van der Waals surface area contributed by atoms with E-state index in [1.165, 1.54) is 12.3 Å². The van der Waals surface area contributed by atoms with Gasteiger partial charge in [-0.3, -0.25) is 9.78 Å². The first-order valence-corrected chi connectivity index (χ1v) is 8.58. The zero-order valence-corrected chi connectivity index (χ0v) is 13.5. The summed E-state index contributed by atoms with van der Waals surface area (Å²) in [4.78, 5) is 15.2. The zero-order valence-electron chi connectivity index (χ0n) is 12.7. The van der Waals surface area contributed by atoms with Gasteiger partial charge in [-0.25, -0.2) is 8.42 Å². The highest BCUT2D eigenvalue weighted by atomic mass is 32.2.